The highest BCUT2D eigenvalue weighted by Gasteiger charge is 2.34. The number of nitrogens with one attached hydrogen (secondary N) is 1. The van der Waals surface area contributed by atoms with Gasteiger partial charge in [0.25, 0.3) is 0 Å². The van der Waals surface area contributed by atoms with Crippen LogP contribution in [0.5, 0.6) is 5.75 Å². The van der Waals surface area contributed by atoms with Gasteiger partial charge in [0.15, 0.2) is 0 Å². The smallest absolute Gasteiger partial charge is 0.419 e. The minimum Gasteiger partial charge on any atom is -0.491 e. The van der Waals surface area contributed by atoms with Crippen molar-refractivity contribution < 1.29 is 22.7 Å². The molecule has 0 saturated heterocycles. The van der Waals surface area contributed by atoms with E-state index >= 15 is 0 Å². The summed E-state index contributed by atoms with van der Waals surface area (Å²) in [5.41, 5.74) is 4.27. The number of nitrogens with two attached hydrogens (primary N) is 1. The van der Waals surface area contributed by atoms with Crippen molar-refractivity contribution in [1.82, 2.24) is 5.32 Å². The number of rotatable bonds is 5. The maximum Gasteiger partial charge on any atom is 0.419 e. The molecule has 1 rings (SSSR count). The summed E-state index contributed by atoms with van der Waals surface area (Å²) in [6, 6.07) is 4.49. The second-order valence-electron chi connectivity index (χ2n) is 3.98. The van der Waals surface area contributed by atoms with Crippen molar-refractivity contribution >= 4 is 5.91 Å². The number of hydrogen-bond donors (Lipinski definition) is 2. The lowest BCUT2D eigenvalue weighted by molar-refractivity contribution is -0.139. The van der Waals surface area contributed by atoms with Crippen LogP contribution in [0.3, 0.4) is 0 Å². The van der Waals surface area contributed by atoms with Crippen LogP contribution in [-0.4, -0.2) is 25.1 Å². The van der Waals surface area contributed by atoms with E-state index in [0.29, 0.717) is 0 Å². The first kappa shape index (κ1) is 15.3. The van der Waals surface area contributed by atoms with Crippen LogP contribution >= 0.6 is 0 Å². The molecule has 0 fully saturated rings. The fraction of sp³-hybridized carbons (Fsp3) is 0.417. The molecule has 0 heterocycles. The minimum atomic E-state index is -4.47. The molecule has 106 valence electrons. The first-order valence-corrected chi connectivity index (χ1v) is 5.63. The van der Waals surface area contributed by atoms with E-state index in [-0.39, 0.29) is 24.8 Å². The van der Waals surface area contributed by atoms with E-state index in [1.807, 2.05) is 0 Å². The molecular formula is C12H15F3N2O2. The van der Waals surface area contributed by atoms with Crippen molar-refractivity contribution in [3.8, 4) is 5.75 Å². The lowest BCUT2D eigenvalue weighted by Gasteiger charge is -2.17. The van der Waals surface area contributed by atoms with Gasteiger partial charge in [-0.05, 0) is 19.1 Å². The van der Waals surface area contributed by atoms with E-state index in [2.05, 4.69) is 5.32 Å². The number of carbonyl (C=O) groups is 1. The van der Waals surface area contributed by atoms with Crippen molar-refractivity contribution in [2.24, 2.45) is 5.73 Å². The minimum absolute atomic E-state index is 0.0706. The topological polar surface area (TPSA) is 64.3 Å². The Bertz CT molecular complexity index is 435. The summed E-state index contributed by atoms with van der Waals surface area (Å²) < 4.78 is 43.1. The van der Waals surface area contributed by atoms with Gasteiger partial charge in [0, 0.05) is 0 Å². The largest absolute Gasteiger partial charge is 0.491 e. The Morgan fingerprint density at radius 1 is 1.42 bits per heavy atom. The molecule has 0 aliphatic heterocycles. The summed E-state index contributed by atoms with van der Waals surface area (Å²) in [6.07, 6.45) is -4.47. The van der Waals surface area contributed by atoms with Gasteiger partial charge in [-0.1, -0.05) is 12.1 Å². The van der Waals surface area contributed by atoms with Gasteiger partial charge in [-0.2, -0.15) is 13.2 Å². The maximum absolute atomic E-state index is 12.7. The first-order valence-electron chi connectivity index (χ1n) is 5.63. The van der Waals surface area contributed by atoms with Crippen molar-refractivity contribution in [3.63, 3.8) is 0 Å². The Morgan fingerprint density at radius 3 is 2.63 bits per heavy atom. The van der Waals surface area contributed by atoms with Crippen LogP contribution in [0.15, 0.2) is 24.3 Å². The predicted octanol–water partition coefficient (Wildman–Crippen LogP) is 1.55. The molecular weight excluding hydrogens is 261 g/mol. The third kappa shape index (κ3) is 4.78. The van der Waals surface area contributed by atoms with Gasteiger partial charge in [0.05, 0.1) is 18.2 Å². The Morgan fingerprint density at radius 2 is 2.05 bits per heavy atom. The maximum atomic E-state index is 12.7. The summed E-state index contributed by atoms with van der Waals surface area (Å²) in [6.45, 7) is 1.37. The van der Waals surface area contributed by atoms with Crippen LogP contribution < -0.4 is 15.8 Å². The molecule has 0 aromatic heterocycles. The molecule has 0 bridgehead atoms. The van der Waals surface area contributed by atoms with Gasteiger partial charge < -0.3 is 15.8 Å². The van der Waals surface area contributed by atoms with E-state index in [1.54, 1.807) is 6.92 Å². The van der Waals surface area contributed by atoms with E-state index < -0.39 is 17.8 Å². The molecule has 0 aliphatic carbocycles. The second kappa shape index (κ2) is 6.42. The lowest BCUT2D eigenvalue weighted by atomic mass is 10.2. The Kier molecular flexibility index (Phi) is 5.17. The van der Waals surface area contributed by atoms with E-state index in [0.717, 1.165) is 6.07 Å². The normalized spacial score (nSPS) is 12.9. The third-order valence-corrected chi connectivity index (χ3v) is 2.27. The molecule has 1 aromatic carbocycles. The fourth-order valence-electron chi connectivity index (χ4n) is 1.42. The number of benzene rings is 1. The zero-order chi connectivity index (χ0) is 14.5. The predicted molar refractivity (Wildman–Crippen MR) is 63.6 cm³/mol. The summed E-state index contributed by atoms with van der Waals surface area (Å²) in [5.74, 6) is -0.649. The van der Waals surface area contributed by atoms with E-state index in [4.69, 9.17) is 10.5 Å². The second-order valence-corrected chi connectivity index (χ2v) is 3.98. The SMILES string of the molecule is CC(COc1ccccc1C(F)(F)F)NC(=O)CN. The summed E-state index contributed by atoms with van der Waals surface area (Å²) in [5, 5.41) is 2.49. The number of alkyl halides is 3. The number of hydrogen-bond acceptors (Lipinski definition) is 3. The van der Waals surface area contributed by atoms with Crippen LogP contribution in [0.25, 0.3) is 0 Å². The molecule has 3 N–H and O–H groups in total. The number of ether oxygens (including phenoxy) is 1. The monoisotopic (exact) mass is 276 g/mol. The average Bonchev–Trinajstić information content (AvgIpc) is 2.35. The van der Waals surface area contributed by atoms with Gasteiger partial charge in [-0.15, -0.1) is 0 Å². The average molecular weight is 276 g/mol. The quantitative estimate of drug-likeness (QED) is 0.857. The van der Waals surface area contributed by atoms with Crippen LogP contribution in [0.1, 0.15) is 12.5 Å². The van der Waals surface area contributed by atoms with Crippen molar-refractivity contribution in [3.05, 3.63) is 29.8 Å². The molecule has 7 heteroatoms. The molecule has 4 nitrogen and oxygen atoms in total. The number of carbonyl (C=O) groups excluding carboxylic acids is 1. The zero-order valence-electron chi connectivity index (χ0n) is 10.3. The van der Waals surface area contributed by atoms with Crippen molar-refractivity contribution in [1.29, 1.82) is 0 Å². The van der Waals surface area contributed by atoms with E-state index in [9.17, 15) is 18.0 Å². The standard InChI is InChI=1S/C12H15F3N2O2/c1-8(17-11(18)6-16)7-19-10-5-3-2-4-9(10)12(13,14)15/h2-5,8H,6-7,16H2,1H3,(H,17,18). The van der Waals surface area contributed by atoms with Gasteiger partial charge in [0.2, 0.25) is 5.91 Å². The molecule has 0 spiro atoms. The van der Waals surface area contributed by atoms with Gasteiger partial charge in [0.1, 0.15) is 12.4 Å². The molecule has 19 heavy (non-hydrogen) atoms. The van der Waals surface area contributed by atoms with Gasteiger partial charge in [-0.3, -0.25) is 4.79 Å². The highest BCUT2D eigenvalue weighted by atomic mass is 19.4. The molecule has 1 unspecified atom stereocenters. The number of halogens is 3. The molecule has 1 atom stereocenters. The van der Waals surface area contributed by atoms with Crippen LogP contribution in [0.4, 0.5) is 13.2 Å². The van der Waals surface area contributed by atoms with Crippen molar-refractivity contribution in [2.75, 3.05) is 13.2 Å². The third-order valence-electron chi connectivity index (χ3n) is 2.27. The van der Waals surface area contributed by atoms with E-state index in [1.165, 1.54) is 18.2 Å². The number of para-hydroxylation sites is 1. The molecule has 0 radical (unpaired) electrons. The molecule has 0 aliphatic rings. The van der Waals surface area contributed by atoms with Crippen LogP contribution in [-0.2, 0) is 11.0 Å². The Balaban J connectivity index is 2.66. The van der Waals surface area contributed by atoms with Crippen LogP contribution in [0, 0.1) is 0 Å². The van der Waals surface area contributed by atoms with Crippen LogP contribution in [0.2, 0.25) is 0 Å². The Hall–Kier alpha value is -1.76. The first-order chi connectivity index (χ1) is 8.84. The highest BCUT2D eigenvalue weighted by Crippen LogP contribution is 2.35. The summed E-state index contributed by atoms with van der Waals surface area (Å²) in [4.78, 5) is 11.0. The molecule has 0 saturated carbocycles. The lowest BCUT2D eigenvalue weighted by Crippen LogP contribution is -2.40. The number of amides is 1. The fourth-order valence-corrected chi connectivity index (χ4v) is 1.42. The van der Waals surface area contributed by atoms with Gasteiger partial charge in [-0.25, -0.2) is 0 Å². The molecule has 1 aromatic rings. The van der Waals surface area contributed by atoms with Crippen molar-refractivity contribution in [2.45, 2.75) is 19.1 Å². The zero-order valence-corrected chi connectivity index (χ0v) is 10.3. The Labute approximate surface area is 108 Å². The summed E-state index contributed by atoms with van der Waals surface area (Å²) in [7, 11) is 0. The highest BCUT2D eigenvalue weighted by molar-refractivity contribution is 5.78. The summed E-state index contributed by atoms with van der Waals surface area (Å²) >= 11 is 0. The molecule has 1 amide bonds. The van der Waals surface area contributed by atoms with Gasteiger partial charge >= 0.3 is 6.18 Å².